The molecule has 6 rings (SSSR count). The number of hydrogen-bond acceptors (Lipinski definition) is 7. The topological polar surface area (TPSA) is 79.2 Å². The molecule has 9 heteroatoms. The highest BCUT2D eigenvalue weighted by atomic mass is 28.3. The van der Waals surface area contributed by atoms with Crippen LogP contribution in [-0.2, 0) is 12.8 Å². The molecule has 4 aromatic carbocycles. The molecule has 0 radical (unpaired) electrons. The Balaban J connectivity index is 1.22. The summed E-state index contributed by atoms with van der Waals surface area (Å²) in [6.45, 7) is 20.9. The normalized spacial score (nSPS) is 11.8. The Bertz CT molecular complexity index is 2320. The van der Waals surface area contributed by atoms with Crippen LogP contribution in [0.5, 0.6) is 23.0 Å². The van der Waals surface area contributed by atoms with Gasteiger partial charge in [-0.2, -0.15) is 0 Å². The first-order valence-corrected chi connectivity index (χ1v) is 35.4. The SMILES string of the molecule is CCCCCCOc1ccc(-c2cnc(-c3ccc(Oc4ccc(-c5ncc(-c6ccc(OCCCCCC)cc6)cn5)cc4CCCC[Si](C)(C)CCCC)c(CCCC[Si](C)(C)CCCC)c3)nc2)cc1. The third-order valence-electron chi connectivity index (χ3n) is 14.6. The smallest absolute Gasteiger partial charge is 0.159 e. The van der Waals surface area contributed by atoms with Crippen LogP contribution < -0.4 is 14.2 Å². The van der Waals surface area contributed by atoms with Gasteiger partial charge in [-0.3, -0.25) is 0 Å². The Kier molecular flexibility index (Phi) is 23.7. The summed E-state index contributed by atoms with van der Waals surface area (Å²) in [4.78, 5) is 19.7. The second-order valence-corrected chi connectivity index (χ2v) is 32.8. The van der Waals surface area contributed by atoms with E-state index >= 15 is 0 Å². The summed E-state index contributed by atoms with van der Waals surface area (Å²) in [7, 11) is -2.45. The van der Waals surface area contributed by atoms with Crippen molar-refractivity contribution in [1.29, 1.82) is 0 Å². The van der Waals surface area contributed by atoms with Crippen molar-refractivity contribution in [1.82, 2.24) is 19.9 Å². The zero-order valence-corrected chi connectivity index (χ0v) is 48.4. The van der Waals surface area contributed by atoms with Gasteiger partial charge >= 0.3 is 0 Å². The molecule has 0 amide bonds. The monoisotopic (exact) mass is 1020 g/mol. The molecule has 2 heterocycles. The second kappa shape index (κ2) is 30.3. The minimum Gasteiger partial charge on any atom is -0.494 e. The standard InChI is InChI=1S/C64H90N4O3Si2/c1-9-13-17-21-39-69-59-33-27-51(28-34-59)57-47-65-63(66-48-57)55-31-37-61(53(45-55)25-19-23-43-72(5,6)41-15-11-3)71-62-38-32-56(46-54(62)26-20-24-44-73(7,8)42-16-12-4)64-67-49-58(50-68-64)52-29-35-60(36-30-52)70-40-22-18-14-10-2/h27-38,45-50H,9-26,39-44H2,1-8H3. The molecule has 0 aliphatic rings. The summed E-state index contributed by atoms with van der Waals surface area (Å²) >= 11 is 0. The Labute approximate surface area is 443 Å². The highest BCUT2D eigenvalue weighted by molar-refractivity contribution is 6.77. The second-order valence-electron chi connectivity index (χ2n) is 22.2. The Morgan fingerprint density at radius 2 is 0.712 bits per heavy atom. The third kappa shape index (κ3) is 19.3. The number of aromatic nitrogens is 4. The van der Waals surface area contributed by atoms with Crippen molar-refractivity contribution < 1.29 is 14.2 Å². The van der Waals surface area contributed by atoms with E-state index in [0.717, 1.165) is 120 Å². The maximum absolute atomic E-state index is 7.10. The largest absolute Gasteiger partial charge is 0.494 e. The molecule has 0 aliphatic carbocycles. The molecule has 0 saturated heterocycles. The molecule has 73 heavy (non-hydrogen) atoms. The van der Waals surface area contributed by atoms with Gasteiger partial charge in [0.25, 0.3) is 0 Å². The van der Waals surface area contributed by atoms with Crippen LogP contribution in [0.15, 0.2) is 110 Å². The molecule has 0 spiro atoms. The van der Waals surface area contributed by atoms with Gasteiger partial charge < -0.3 is 14.2 Å². The molecule has 7 nitrogen and oxygen atoms in total. The maximum Gasteiger partial charge on any atom is 0.159 e. The molecule has 392 valence electrons. The molecule has 0 bridgehead atoms. The van der Waals surface area contributed by atoms with Gasteiger partial charge in [0.05, 0.1) is 13.2 Å². The van der Waals surface area contributed by atoms with Gasteiger partial charge in [0.1, 0.15) is 23.0 Å². The van der Waals surface area contributed by atoms with E-state index in [1.807, 2.05) is 24.8 Å². The van der Waals surface area contributed by atoms with E-state index in [2.05, 4.69) is 139 Å². The van der Waals surface area contributed by atoms with E-state index in [0.29, 0.717) is 0 Å². The summed E-state index contributed by atoms with van der Waals surface area (Å²) in [5, 5.41) is 0. The van der Waals surface area contributed by atoms with Gasteiger partial charge in [-0.15, -0.1) is 0 Å². The molecule has 6 aromatic rings. The number of hydrogen-bond donors (Lipinski definition) is 0. The van der Waals surface area contributed by atoms with Crippen molar-refractivity contribution in [3.63, 3.8) is 0 Å². The zero-order valence-electron chi connectivity index (χ0n) is 46.4. The average Bonchev–Trinajstić information content (AvgIpc) is 3.41. The predicted octanol–water partition coefficient (Wildman–Crippen LogP) is 19.3. The molecule has 0 atom stereocenters. The molecule has 0 aliphatic heterocycles. The van der Waals surface area contributed by atoms with E-state index in [4.69, 9.17) is 34.1 Å². The lowest BCUT2D eigenvalue weighted by Crippen LogP contribution is -2.24. The highest BCUT2D eigenvalue weighted by Crippen LogP contribution is 2.36. The first-order valence-electron chi connectivity index (χ1n) is 28.5. The highest BCUT2D eigenvalue weighted by Gasteiger charge is 2.21. The van der Waals surface area contributed by atoms with Gasteiger partial charge in [-0.05, 0) is 121 Å². The number of benzene rings is 4. The first kappa shape index (κ1) is 57.2. The lowest BCUT2D eigenvalue weighted by atomic mass is 10.0. The fourth-order valence-corrected chi connectivity index (χ4v) is 15.3. The van der Waals surface area contributed by atoms with E-state index < -0.39 is 16.1 Å². The number of unbranched alkanes of at least 4 members (excludes halogenated alkanes) is 10. The van der Waals surface area contributed by atoms with Gasteiger partial charge in [-0.1, -0.05) is 179 Å². The summed E-state index contributed by atoms with van der Waals surface area (Å²) in [5.74, 6) is 5.07. The van der Waals surface area contributed by atoms with Crippen LogP contribution in [0, 0.1) is 0 Å². The minimum absolute atomic E-state index is 0.720. The first-order chi connectivity index (χ1) is 35.5. The maximum atomic E-state index is 7.10. The summed E-state index contributed by atoms with van der Waals surface area (Å²) in [6.07, 6.45) is 29.2. The lowest BCUT2D eigenvalue weighted by Gasteiger charge is -2.22. The van der Waals surface area contributed by atoms with Crippen LogP contribution in [0.4, 0.5) is 0 Å². The van der Waals surface area contributed by atoms with Crippen LogP contribution in [-0.4, -0.2) is 49.3 Å². The van der Waals surface area contributed by atoms with Crippen molar-refractivity contribution >= 4 is 16.1 Å². The van der Waals surface area contributed by atoms with E-state index in [9.17, 15) is 0 Å². The predicted molar refractivity (Wildman–Crippen MR) is 315 cm³/mol. The Morgan fingerprint density at radius 1 is 0.356 bits per heavy atom. The van der Waals surface area contributed by atoms with Crippen LogP contribution in [0.2, 0.25) is 50.4 Å². The number of nitrogens with zero attached hydrogens (tertiary/aromatic N) is 4. The fourth-order valence-electron chi connectivity index (χ4n) is 9.72. The average molecular weight is 1020 g/mol. The van der Waals surface area contributed by atoms with Gasteiger partial charge in [0, 0.05) is 63.2 Å². The van der Waals surface area contributed by atoms with Crippen LogP contribution in [0.1, 0.15) is 142 Å². The van der Waals surface area contributed by atoms with Crippen molar-refractivity contribution in [2.45, 2.75) is 194 Å². The van der Waals surface area contributed by atoms with Crippen molar-refractivity contribution in [2.75, 3.05) is 13.2 Å². The molecule has 2 aromatic heterocycles. The molecule has 0 saturated carbocycles. The number of rotatable bonds is 34. The van der Waals surface area contributed by atoms with Crippen molar-refractivity contribution in [3.05, 3.63) is 121 Å². The van der Waals surface area contributed by atoms with E-state index in [1.54, 1.807) is 0 Å². The van der Waals surface area contributed by atoms with Crippen LogP contribution in [0.25, 0.3) is 45.0 Å². The van der Waals surface area contributed by atoms with Gasteiger partial charge in [0.15, 0.2) is 11.6 Å². The van der Waals surface area contributed by atoms with E-state index in [-0.39, 0.29) is 0 Å². The van der Waals surface area contributed by atoms with Gasteiger partial charge in [0.2, 0.25) is 0 Å². The number of ether oxygens (including phenoxy) is 3. The quantitative estimate of drug-likeness (QED) is 0.0294. The minimum atomic E-state index is -1.23. The Morgan fingerprint density at radius 3 is 1.08 bits per heavy atom. The van der Waals surface area contributed by atoms with E-state index in [1.165, 1.54) is 112 Å². The zero-order chi connectivity index (χ0) is 51.7. The van der Waals surface area contributed by atoms with Crippen molar-refractivity contribution in [2.24, 2.45) is 0 Å². The molecule has 0 unspecified atom stereocenters. The molecular formula is C64H90N4O3Si2. The molecule has 0 N–H and O–H groups in total. The van der Waals surface area contributed by atoms with Crippen LogP contribution >= 0.6 is 0 Å². The van der Waals surface area contributed by atoms with Gasteiger partial charge in [-0.25, -0.2) is 19.9 Å². The summed E-state index contributed by atoms with van der Waals surface area (Å²) < 4.78 is 19.1. The molecule has 0 fully saturated rings. The Hall–Kier alpha value is -5.13. The fraction of sp³-hybridized carbons (Fsp3) is 0.500. The summed E-state index contributed by atoms with van der Waals surface area (Å²) in [6, 6.07) is 35.2. The molecular weight excluding hydrogens is 929 g/mol. The number of aryl methyl sites for hydroxylation is 2. The summed E-state index contributed by atoms with van der Waals surface area (Å²) in [5.41, 5.74) is 8.54. The van der Waals surface area contributed by atoms with Crippen molar-refractivity contribution in [3.8, 4) is 68.0 Å². The third-order valence-corrected chi connectivity index (χ3v) is 21.4. The van der Waals surface area contributed by atoms with Crippen LogP contribution in [0.3, 0.4) is 0 Å². The lowest BCUT2D eigenvalue weighted by molar-refractivity contribution is 0.305.